The van der Waals surface area contributed by atoms with Gasteiger partial charge in [-0.2, -0.15) is 0 Å². The molecule has 2 aromatic rings. The molecular formula is C15H11N. The van der Waals surface area contributed by atoms with Crippen molar-refractivity contribution in [2.24, 2.45) is 0 Å². The molecule has 0 spiro atoms. The molecule has 2 rings (SSSR count). The van der Waals surface area contributed by atoms with Crippen molar-refractivity contribution >= 4 is 12.2 Å². The van der Waals surface area contributed by atoms with Gasteiger partial charge in [-0.05, 0) is 35.4 Å². The monoisotopic (exact) mass is 205 g/mol. The number of terminal acetylenes is 1. The SMILES string of the molecule is C#Cc1ccc(C=Cc2ccncc2)cc1. The lowest BCUT2D eigenvalue weighted by atomic mass is 10.1. The van der Waals surface area contributed by atoms with E-state index in [9.17, 15) is 0 Å². The minimum Gasteiger partial charge on any atom is -0.265 e. The molecule has 0 fully saturated rings. The lowest BCUT2D eigenvalue weighted by Crippen LogP contribution is -1.76. The van der Waals surface area contributed by atoms with E-state index >= 15 is 0 Å². The van der Waals surface area contributed by atoms with Crippen molar-refractivity contribution in [1.29, 1.82) is 0 Å². The van der Waals surface area contributed by atoms with Gasteiger partial charge in [0.25, 0.3) is 0 Å². The summed E-state index contributed by atoms with van der Waals surface area (Å²) in [5, 5.41) is 0. The number of pyridine rings is 1. The Morgan fingerprint density at radius 3 is 2.00 bits per heavy atom. The van der Waals surface area contributed by atoms with E-state index < -0.39 is 0 Å². The lowest BCUT2D eigenvalue weighted by molar-refractivity contribution is 1.32. The Morgan fingerprint density at radius 2 is 1.44 bits per heavy atom. The predicted molar refractivity (Wildman–Crippen MR) is 67.5 cm³/mol. The summed E-state index contributed by atoms with van der Waals surface area (Å²) in [5.74, 6) is 2.60. The molecular weight excluding hydrogens is 194 g/mol. The topological polar surface area (TPSA) is 12.9 Å². The zero-order valence-electron chi connectivity index (χ0n) is 8.80. The lowest BCUT2D eigenvalue weighted by Gasteiger charge is -1.94. The molecule has 0 saturated carbocycles. The van der Waals surface area contributed by atoms with Gasteiger partial charge in [0.1, 0.15) is 0 Å². The van der Waals surface area contributed by atoms with Gasteiger partial charge < -0.3 is 0 Å². The number of hydrogen-bond donors (Lipinski definition) is 0. The maximum absolute atomic E-state index is 5.29. The molecule has 1 nitrogen and oxygen atoms in total. The standard InChI is InChI=1S/C15H11N/c1-2-13-3-5-14(6-4-13)7-8-15-9-11-16-12-10-15/h1,3-12H. The fraction of sp³-hybridized carbons (Fsp3) is 0. The number of rotatable bonds is 2. The largest absolute Gasteiger partial charge is 0.265 e. The van der Waals surface area contributed by atoms with Gasteiger partial charge in [0.15, 0.2) is 0 Å². The van der Waals surface area contributed by atoms with E-state index in [4.69, 9.17) is 6.42 Å². The van der Waals surface area contributed by atoms with Crippen molar-refractivity contribution in [2.75, 3.05) is 0 Å². The fourth-order valence-electron chi connectivity index (χ4n) is 1.36. The number of benzene rings is 1. The molecule has 0 bridgehead atoms. The molecule has 1 aromatic heterocycles. The third kappa shape index (κ3) is 2.59. The molecule has 0 aliphatic rings. The third-order valence-corrected chi connectivity index (χ3v) is 2.25. The average Bonchev–Trinajstić information content (AvgIpc) is 2.38. The Labute approximate surface area is 95.5 Å². The first-order chi connectivity index (χ1) is 7.88. The van der Waals surface area contributed by atoms with Crippen LogP contribution in [0.5, 0.6) is 0 Å². The Morgan fingerprint density at radius 1 is 0.875 bits per heavy atom. The highest BCUT2D eigenvalue weighted by atomic mass is 14.6. The second kappa shape index (κ2) is 4.95. The second-order valence-electron chi connectivity index (χ2n) is 3.38. The van der Waals surface area contributed by atoms with Gasteiger partial charge in [-0.3, -0.25) is 4.98 Å². The van der Waals surface area contributed by atoms with Crippen molar-refractivity contribution in [3.8, 4) is 12.3 Å². The van der Waals surface area contributed by atoms with Gasteiger partial charge >= 0.3 is 0 Å². The summed E-state index contributed by atoms with van der Waals surface area (Å²) in [6.45, 7) is 0. The van der Waals surface area contributed by atoms with Crippen LogP contribution in [-0.4, -0.2) is 4.98 Å². The zero-order chi connectivity index (χ0) is 11.2. The van der Waals surface area contributed by atoms with Gasteiger partial charge in [-0.25, -0.2) is 0 Å². The summed E-state index contributed by atoms with van der Waals surface area (Å²) in [6, 6.07) is 11.8. The summed E-state index contributed by atoms with van der Waals surface area (Å²) >= 11 is 0. The van der Waals surface area contributed by atoms with Gasteiger partial charge in [0.05, 0.1) is 0 Å². The van der Waals surface area contributed by atoms with Crippen LogP contribution in [0.15, 0.2) is 48.8 Å². The molecule has 0 amide bonds. The Kier molecular flexibility index (Phi) is 3.15. The molecule has 0 saturated heterocycles. The first kappa shape index (κ1) is 10.2. The quantitative estimate of drug-likeness (QED) is 0.686. The molecule has 1 heterocycles. The molecule has 0 N–H and O–H groups in total. The molecule has 16 heavy (non-hydrogen) atoms. The maximum atomic E-state index is 5.29. The zero-order valence-corrected chi connectivity index (χ0v) is 8.80. The Hall–Kier alpha value is -2.33. The van der Waals surface area contributed by atoms with Crippen LogP contribution in [0.2, 0.25) is 0 Å². The first-order valence-electron chi connectivity index (χ1n) is 5.03. The van der Waals surface area contributed by atoms with Gasteiger partial charge in [-0.15, -0.1) is 6.42 Å². The number of aromatic nitrogens is 1. The van der Waals surface area contributed by atoms with Crippen LogP contribution in [0.4, 0.5) is 0 Å². The number of nitrogens with zero attached hydrogens (tertiary/aromatic N) is 1. The van der Waals surface area contributed by atoms with Crippen molar-refractivity contribution in [3.63, 3.8) is 0 Å². The molecule has 0 unspecified atom stereocenters. The summed E-state index contributed by atoms with van der Waals surface area (Å²) in [7, 11) is 0. The van der Waals surface area contributed by atoms with Crippen molar-refractivity contribution in [1.82, 2.24) is 4.98 Å². The van der Waals surface area contributed by atoms with Crippen molar-refractivity contribution in [2.45, 2.75) is 0 Å². The summed E-state index contributed by atoms with van der Waals surface area (Å²) in [5.41, 5.74) is 3.17. The van der Waals surface area contributed by atoms with Crippen molar-refractivity contribution < 1.29 is 0 Å². The summed E-state index contributed by atoms with van der Waals surface area (Å²) in [6.07, 6.45) is 12.9. The minimum absolute atomic E-state index is 0.904. The molecule has 0 radical (unpaired) electrons. The Balaban J connectivity index is 2.15. The predicted octanol–water partition coefficient (Wildman–Crippen LogP) is 3.23. The summed E-state index contributed by atoms with van der Waals surface area (Å²) < 4.78 is 0. The van der Waals surface area contributed by atoms with E-state index in [0.29, 0.717) is 0 Å². The van der Waals surface area contributed by atoms with Crippen LogP contribution >= 0.6 is 0 Å². The van der Waals surface area contributed by atoms with Gasteiger partial charge in [0, 0.05) is 18.0 Å². The first-order valence-corrected chi connectivity index (χ1v) is 5.03. The van der Waals surface area contributed by atoms with E-state index in [2.05, 4.69) is 17.0 Å². The van der Waals surface area contributed by atoms with Crippen molar-refractivity contribution in [3.05, 3.63) is 65.5 Å². The maximum Gasteiger partial charge on any atom is 0.0273 e. The van der Waals surface area contributed by atoms with E-state index in [1.54, 1.807) is 12.4 Å². The van der Waals surface area contributed by atoms with E-state index in [-0.39, 0.29) is 0 Å². The molecule has 1 heteroatoms. The van der Waals surface area contributed by atoms with Crippen LogP contribution < -0.4 is 0 Å². The Bertz CT molecular complexity index is 516. The molecule has 76 valence electrons. The van der Waals surface area contributed by atoms with E-state index in [0.717, 1.165) is 16.7 Å². The van der Waals surface area contributed by atoms with Crippen LogP contribution in [0.3, 0.4) is 0 Å². The van der Waals surface area contributed by atoms with Gasteiger partial charge in [0.2, 0.25) is 0 Å². The van der Waals surface area contributed by atoms with Crippen LogP contribution in [-0.2, 0) is 0 Å². The highest BCUT2D eigenvalue weighted by molar-refractivity contribution is 5.69. The fourth-order valence-corrected chi connectivity index (χ4v) is 1.36. The minimum atomic E-state index is 0.904. The molecule has 0 aliphatic carbocycles. The number of hydrogen-bond acceptors (Lipinski definition) is 1. The van der Waals surface area contributed by atoms with E-state index in [1.165, 1.54) is 0 Å². The van der Waals surface area contributed by atoms with Gasteiger partial charge in [-0.1, -0.05) is 30.2 Å². The summed E-state index contributed by atoms with van der Waals surface area (Å²) in [4.78, 5) is 3.97. The molecule has 1 aromatic carbocycles. The highest BCUT2D eigenvalue weighted by Crippen LogP contribution is 2.08. The van der Waals surface area contributed by atoms with Crippen LogP contribution in [0, 0.1) is 12.3 Å². The van der Waals surface area contributed by atoms with Crippen LogP contribution in [0.25, 0.3) is 12.2 Å². The smallest absolute Gasteiger partial charge is 0.0273 e. The third-order valence-electron chi connectivity index (χ3n) is 2.25. The van der Waals surface area contributed by atoms with Crippen LogP contribution in [0.1, 0.15) is 16.7 Å². The second-order valence-corrected chi connectivity index (χ2v) is 3.38. The molecule has 0 aliphatic heterocycles. The highest BCUT2D eigenvalue weighted by Gasteiger charge is 1.88. The molecule has 0 atom stereocenters. The average molecular weight is 205 g/mol. The normalized spacial score (nSPS) is 10.2. The van der Waals surface area contributed by atoms with E-state index in [1.807, 2.05) is 42.5 Å².